The zero-order chi connectivity index (χ0) is 23.0. The van der Waals surface area contributed by atoms with Crippen LogP contribution in [0.4, 0.5) is 24.9 Å². The highest BCUT2D eigenvalue weighted by Gasteiger charge is 2.35. The molecular formula is C23H20F3N5O. The van der Waals surface area contributed by atoms with Gasteiger partial charge in [-0.2, -0.15) is 18.2 Å². The number of hydrogen-bond acceptors (Lipinski definition) is 5. The lowest BCUT2D eigenvalue weighted by Gasteiger charge is -2.23. The fraction of sp³-hybridized carbons (Fsp3) is 0.174. The monoisotopic (exact) mass is 439 g/mol. The van der Waals surface area contributed by atoms with Gasteiger partial charge in [0.25, 0.3) is 5.56 Å². The van der Waals surface area contributed by atoms with Gasteiger partial charge in [-0.05, 0) is 43.0 Å². The highest BCUT2D eigenvalue weighted by molar-refractivity contribution is 5.85. The smallest absolute Gasteiger partial charge is 0.368 e. The van der Waals surface area contributed by atoms with Gasteiger partial charge in [0.2, 0.25) is 5.95 Å². The number of rotatable bonds is 4. The van der Waals surface area contributed by atoms with Crippen LogP contribution in [0.5, 0.6) is 0 Å². The maximum Gasteiger partial charge on any atom is 0.421 e. The second-order valence-corrected chi connectivity index (χ2v) is 7.44. The topological polar surface area (TPSA) is 85.8 Å². The van der Waals surface area contributed by atoms with Crippen molar-refractivity contribution >= 4 is 22.5 Å². The molecule has 0 radical (unpaired) electrons. The largest absolute Gasteiger partial charge is 0.421 e. The Bertz CT molecular complexity index is 1350. The minimum absolute atomic E-state index is 0.256. The molecule has 0 spiro atoms. The Kier molecular flexibility index (Phi) is 5.33. The van der Waals surface area contributed by atoms with Crippen molar-refractivity contribution in [3.8, 4) is 5.69 Å². The zero-order valence-corrected chi connectivity index (χ0v) is 17.3. The van der Waals surface area contributed by atoms with Crippen LogP contribution in [0.2, 0.25) is 0 Å². The van der Waals surface area contributed by atoms with Crippen molar-refractivity contribution in [2.24, 2.45) is 0 Å². The lowest BCUT2D eigenvalue weighted by molar-refractivity contribution is -0.137. The standard InChI is InChI=1S/C23H20F3N5O/c1-13-7-6-8-15-11-18(31(21(32)19(13)15)16-9-4-3-5-10-16)14(2)29-20-17(23(24,25)26)12-28-22(27)30-20/h3-12,14H,1-2H3,(H3,27,28,29,30). The van der Waals surface area contributed by atoms with Crippen LogP contribution in [0.1, 0.15) is 29.8 Å². The average molecular weight is 439 g/mol. The SMILES string of the molecule is Cc1cccc2cc(C(C)Nc3nc(N)ncc3C(F)(F)F)n(-c3ccccc3)c(=O)c12. The maximum atomic E-state index is 13.5. The van der Waals surface area contributed by atoms with Crippen molar-refractivity contribution < 1.29 is 13.2 Å². The number of fused-ring (bicyclic) bond motifs is 1. The van der Waals surface area contributed by atoms with Crippen LogP contribution in [0.25, 0.3) is 16.5 Å². The summed E-state index contributed by atoms with van der Waals surface area (Å²) in [5.41, 5.74) is 6.13. The maximum absolute atomic E-state index is 13.5. The first kappa shape index (κ1) is 21.4. The fourth-order valence-corrected chi connectivity index (χ4v) is 3.71. The lowest BCUT2D eigenvalue weighted by atomic mass is 10.0. The fourth-order valence-electron chi connectivity index (χ4n) is 3.71. The van der Waals surface area contributed by atoms with Crippen LogP contribution >= 0.6 is 0 Å². The van der Waals surface area contributed by atoms with E-state index in [-0.39, 0.29) is 11.5 Å². The Hall–Kier alpha value is -3.88. The van der Waals surface area contributed by atoms with Crippen LogP contribution in [0, 0.1) is 6.92 Å². The summed E-state index contributed by atoms with van der Waals surface area (Å²) in [7, 11) is 0. The summed E-state index contributed by atoms with van der Waals surface area (Å²) >= 11 is 0. The van der Waals surface area contributed by atoms with Crippen LogP contribution in [-0.2, 0) is 6.18 Å². The number of hydrogen-bond donors (Lipinski definition) is 2. The molecule has 0 aliphatic rings. The Labute approximate surface area is 181 Å². The van der Waals surface area contributed by atoms with E-state index in [4.69, 9.17) is 5.73 Å². The highest BCUT2D eigenvalue weighted by Crippen LogP contribution is 2.35. The van der Waals surface area contributed by atoms with Crippen molar-refractivity contribution in [2.75, 3.05) is 11.1 Å². The highest BCUT2D eigenvalue weighted by atomic mass is 19.4. The number of halogens is 3. The van der Waals surface area contributed by atoms with Gasteiger partial charge in [-0.25, -0.2) is 4.98 Å². The van der Waals surface area contributed by atoms with Crippen molar-refractivity contribution in [3.05, 3.63) is 88.0 Å². The van der Waals surface area contributed by atoms with E-state index in [9.17, 15) is 18.0 Å². The van der Waals surface area contributed by atoms with Crippen molar-refractivity contribution in [3.63, 3.8) is 0 Å². The van der Waals surface area contributed by atoms with E-state index < -0.39 is 23.6 Å². The van der Waals surface area contributed by atoms with Gasteiger partial charge in [-0.1, -0.05) is 36.4 Å². The lowest BCUT2D eigenvalue weighted by Crippen LogP contribution is -2.26. The predicted molar refractivity (Wildman–Crippen MR) is 118 cm³/mol. The third-order valence-corrected chi connectivity index (χ3v) is 5.21. The number of para-hydroxylation sites is 1. The Balaban J connectivity index is 1.92. The van der Waals surface area contributed by atoms with E-state index in [0.717, 1.165) is 5.56 Å². The molecule has 0 amide bonds. The van der Waals surface area contributed by atoms with E-state index in [1.807, 2.05) is 25.1 Å². The quantitative estimate of drug-likeness (QED) is 0.474. The average Bonchev–Trinajstić information content (AvgIpc) is 2.73. The summed E-state index contributed by atoms with van der Waals surface area (Å²) in [5.74, 6) is -0.740. The number of nitrogens with one attached hydrogen (secondary N) is 1. The van der Waals surface area contributed by atoms with Gasteiger partial charge in [0, 0.05) is 17.6 Å². The van der Waals surface area contributed by atoms with E-state index >= 15 is 0 Å². The van der Waals surface area contributed by atoms with Crippen LogP contribution in [0.3, 0.4) is 0 Å². The van der Waals surface area contributed by atoms with E-state index in [2.05, 4.69) is 15.3 Å². The molecule has 2 aromatic heterocycles. The molecule has 2 heterocycles. The zero-order valence-electron chi connectivity index (χ0n) is 17.3. The molecule has 164 valence electrons. The molecule has 1 unspecified atom stereocenters. The number of pyridine rings is 1. The molecule has 0 fully saturated rings. The number of benzene rings is 2. The number of alkyl halides is 3. The molecule has 0 aliphatic heterocycles. The minimum Gasteiger partial charge on any atom is -0.368 e. The minimum atomic E-state index is -4.67. The Morgan fingerprint density at radius 2 is 1.81 bits per heavy atom. The molecule has 0 bridgehead atoms. The molecule has 32 heavy (non-hydrogen) atoms. The predicted octanol–water partition coefficient (Wildman–Crippen LogP) is 4.86. The first-order chi connectivity index (χ1) is 15.2. The Morgan fingerprint density at radius 1 is 1.09 bits per heavy atom. The van der Waals surface area contributed by atoms with Crippen LogP contribution in [-0.4, -0.2) is 14.5 Å². The van der Waals surface area contributed by atoms with E-state index in [0.29, 0.717) is 28.4 Å². The third-order valence-electron chi connectivity index (χ3n) is 5.21. The number of nitrogens with two attached hydrogens (primary N) is 1. The molecule has 1 atom stereocenters. The molecule has 0 saturated carbocycles. The first-order valence-electron chi connectivity index (χ1n) is 9.84. The number of aromatic nitrogens is 3. The third kappa shape index (κ3) is 3.89. The normalized spacial score (nSPS) is 12.7. The summed E-state index contributed by atoms with van der Waals surface area (Å²) in [5, 5.41) is 4.03. The van der Waals surface area contributed by atoms with Crippen LogP contribution in [0.15, 0.2) is 65.6 Å². The molecule has 9 heteroatoms. The summed E-state index contributed by atoms with van der Waals surface area (Å²) in [6, 6.07) is 15.5. The molecular weight excluding hydrogens is 419 g/mol. The molecule has 4 aromatic rings. The number of nitrogens with zero attached hydrogens (tertiary/aromatic N) is 3. The first-order valence-corrected chi connectivity index (χ1v) is 9.84. The molecule has 6 nitrogen and oxygen atoms in total. The summed E-state index contributed by atoms with van der Waals surface area (Å²) < 4.78 is 41.9. The van der Waals surface area contributed by atoms with Gasteiger partial charge < -0.3 is 11.1 Å². The van der Waals surface area contributed by atoms with Gasteiger partial charge in [-0.3, -0.25) is 9.36 Å². The van der Waals surface area contributed by atoms with Crippen LogP contribution < -0.4 is 16.6 Å². The van der Waals surface area contributed by atoms with Gasteiger partial charge >= 0.3 is 6.18 Å². The summed E-state index contributed by atoms with van der Waals surface area (Å²) in [6.07, 6.45) is -4.03. The number of anilines is 2. The van der Waals surface area contributed by atoms with E-state index in [1.54, 1.807) is 43.3 Å². The molecule has 2 aromatic carbocycles. The molecule has 3 N–H and O–H groups in total. The van der Waals surface area contributed by atoms with Gasteiger partial charge in [-0.15, -0.1) is 0 Å². The summed E-state index contributed by atoms with van der Waals surface area (Å²) in [6.45, 7) is 3.51. The number of nitrogen functional groups attached to an aromatic ring is 1. The van der Waals surface area contributed by atoms with Crippen molar-refractivity contribution in [1.82, 2.24) is 14.5 Å². The van der Waals surface area contributed by atoms with Crippen molar-refractivity contribution in [2.45, 2.75) is 26.1 Å². The molecule has 0 aliphatic carbocycles. The second-order valence-electron chi connectivity index (χ2n) is 7.44. The van der Waals surface area contributed by atoms with Gasteiger partial charge in [0.15, 0.2) is 0 Å². The van der Waals surface area contributed by atoms with Crippen molar-refractivity contribution in [1.29, 1.82) is 0 Å². The molecule has 4 rings (SSSR count). The Morgan fingerprint density at radius 3 is 2.50 bits per heavy atom. The second kappa shape index (κ2) is 7.99. The molecule has 0 saturated heterocycles. The van der Waals surface area contributed by atoms with Gasteiger partial charge in [0.05, 0.1) is 11.4 Å². The number of aryl methyl sites for hydroxylation is 1. The summed E-state index contributed by atoms with van der Waals surface area (Å²) in [4.78, 5) is 20.7. The van der Waals surface area contributed by atoms with Gasteiger partial charge in [0.1, 0.15) is 11.4 Å². The van der Waals surface area contributed by atoms with E-state index in [1.165, 1.54) is 4.57 Å².